The third-order valence-corrected chi connectivity index (χ3v) is 2.59. The fraction of sp³-hybridized carbons (Fsp3) is 0.455. The van der Waals surface area contributed by atoms with E-state index in [-0.39, 0.29) is 17.7 Å². The van der Waals surface area contributed by atoms with E-state index < -0.39 is 0 Å². The standard InChI is InChI=1S/C11H15BrN2O2/c1-8(2)14(6-4-12)11(16)9-3-5-13-7-10(9)15/h3,5,7-8,15H,4,6H2,1-2H3. The van der Waals surface area contributed by atoms with Crippen LogP contribution in [0.1, 0.15) is 24.2 Å². The van der Waals surface area contributed by atoms with Gasteiger partial charge in [-0.2, -0.15) is 0 Å². The summed E-state index contributed by atoms with van der Waals surface area (Å²) in [6.07, 6.45) is 2.78. The first-order valence-electron chi connectivity index (χ1n) is 5.07. The van der Waals surface area contributed by atoms with E-state index in [1.165, 1.54) is 18.5 Å². The van der Waals surface area contributed by atoms with Crippen molar-refractivity contribution < 1.29 is 9.90 Å². The Hall–Kier alpha value is -1.10. The Morgan fingerprint density at radius 2 is 2.31 bits per heavy atom. The van der Waals surface area contributed by atoms with Crippen LogP contribution in [0.4, 0.5) is 0 Å². The van der Waals surface area contributed by atoms with Gasteiger partial charge in [-0.05, 0) is 19.9 Å². The highest BCUT2D eigenvalue weighted by molar-refractivity contribution is 9.09. The summed E-state index contributed by atoms with van der Waals surface area (Å²) in [7, 11) is 0. The number of carbonyl (C=O) groups excluding carboxylic acids is 1. The van der Waals surface area contributed by atoms with Gasteiger partial charge >= 0.3 is 0 Å². The Morgan fingerprint density at radius 1 is 1.62 bits per heavy atom. The van der Waals surface area contributed by atoms with E-state index >= 15 is 0 Å². The molecule has 0 bridgehead atoms. The van der Waals surface area contributed by atoms with Gasteiger partial charge in [-0.25, -0.2) is 0 Å². The molecule has 1 aromatic heterocycles. The molecule has 1 amide bonds. The first kappa shape index (κ1) is 13.0. The summed E-state index contributed by atoms with van der Waals surface area (Å²) in [5.74, 6) is -0.248. The topological polar surface area (TPSA) is 53.4 Å². The molecule has 1 N–H and O–H groups in total. The Balaban J connectivity index is 2.95. The van der Waals surface area contributed by atoms with E-state index in [4.69, 9.17) is 0 Å². The lowest BCUT2D eigenvalue weighted by Gasteiger charge is -2.26. The number of rotatable bonds is 4. The predicted octanol–water partition coefficient (Wildman–Crippen LogP) is 2.03. The van der Waals surface area contributed by atoms with Crippen LogP contribution in [0, 0.1) is 0 Å². The molecular weight excluding hydrogens is 272 g/mol. The Kier molecular flexibility index (Phi) is 4.73. The van der Waals surface area contributed by atoms with Gasteiger partial charge in [-0.15, -0.1) is 0 Å². The smallest absolute Gasteiger partial charge is 0.257 e. The van der Waals surface area contributed by atoms with Crippen LogP contribution in [0.25, 0.3) is 0 Å². The van der Waals surface area contributed by atoms with E-state index in [9.17, 15) is 9.90 Å². The minimum absolute atomic E-state index is 0.0762. The molecule has 0 aliphatic heterocycles. The SMILES string of the molecule is CC(C)N(CCBr)C(=O)c1ccncc1O. The average molecular weight is 287 g/mol. The molecule has 16 heavy (non-hydrogen) atoms. The summed E-state index contributed by atoms with van der Waals surface area (Å²) >= 11 is 3.31. The van der Waals surface area contributed by atoms with Gasteiger partial charge in [0.1, 0.15) is 5.75 Å². The number of alkyl halides is 1. The van der Waals surface area contributed by atoms with E-state index in [0.29, 0.717) is 17.4 Å². The fourth-order valence-electron chi connectivity index (χ4n) is 1.41. The molecule has 0 spiro atoms. The maximum atomic E-state index is 12.1. The molecule has 0 fully saturated rings. The number of aromatic hydroxyl groups is 1. The van der Waals surface area contributed by atoms with E-state index in [1.54, 1.807) is 4.90 Å². The molecular formula is C11H15BrN2O2. The molecule has 0 radical (unpaired) electrons. The second-order valence-corrected chi connectivity index (χ2v) is 4.47. The number of amides is 1. The van der Waals surface area contributed by atoms with Gasteiger partial charge in [-0.3, -0.25) is 9.78 Å². The minimum Gasteiger partial charge on any atom is -0.505 e. The maximum absolute atomic E-state index is 12.1. The van der Waals surface area contributed by atoms with Gasteiger partial charge in [0.2, 0.25) is 0 Å². The minimum atomic E-state index is -0.172. The molecule has 5 heteroatoms. The number of nitrogens with zero attached hydrogens (tertiary/aromatic N) is 2. The van der Waals surface area contributed by atoms with Crippen LogP contribution < -0.4 is 0 Å². The van der Waals surface area contributed by atoms with E-state index in [1.807, 2.05) is 13.8 Å². The third-order valence-electron chi connectivity index (χ3n) is 2.24. The molecule has 0 aliphatic rings. The lowest BCUT2D eigenvalue weighted by molar-refractivity contribution is 0.0716. The van der Waals surface area contributed by atoms with Crippen molar-refractivity contribution in [2.24, 2.45) is 0 Å². The van der Waals surface area contributed by atoms with E-state index in [2.05, 4.69) is 20.9 Å². The van der Waals surface area contributed by atoms with Gasteiger partial charge in [-0.1, -0.05) is 15.9 Å². The van der Waals surface area contributed by atoms with Gasteiger partial charge in [0.05, 0.1) is 11.8 Å². The molecule has 0 saturated carbocycles. The Morgan fingerprint density at radius 3 is 2.81 bits per heavy atom. The zero-order chi connectivity index (χ0) is 12.1. The van der Waals surface area contributed by atoms with Crippen LogP contribution in [0.2, 0.25) is 0 Å². The molecule has 0 aromatic carbocycles. The number of carbonyl (C=O) groups is 1. The molecule has 0 saturated heterocycles. The largest absolute Gasteiger partial charge is 0.505 e. The highest BCUT2D eigenvalue weighted by Crippen LogP contribution is 2.17. The van der Waals surface area contributed by atoms with E-state index in [0.717, 1.165) is 0 Å². The van der Waals surface area contributed by atoms with Gasteiger partial charge < -0.3 is 10.0 Å². The van der Waals surface area contributed by atoms with Crippen molar-refractivity contribution >= 4 is 21.8 Å². The lowest BCUT2D eigenvalue weighted by Crippen LogP contribution is -2.38. The number of aromatic nitrogens is 1. The first-order valence-corrected chi connectivity index (χ1v) is 6.20. The fourth-order valence-corrected chi connectivity index (χ4v) is 1.79. The molecule has 1 aromatic rings. The van der Waals surface area contributed by atoms with Crippen molar-refractivity contribution in [1.82, 2.24) is 9.88 Å². The second kappa shape index (κ2) is 5.84. The van der Waals surface area contributed by atoms with Crippen molar-refractivity contribution in [3.8, 4) is 5.75 Å². The lowest BCUT2D eigenvalue weighted by atomic mass is 10.2. The molecule has 4 nitrogen and oxygen atoms in total. The summed E-state index contributed by atoms with van der Waals surface area (Å²) in [6, 6.07) is 1.62. The summed E-state index contributed by atoms with van der Waals surface area (Å²) in [6.45, 7) is 4.50. The summed E-state index contributed by atoms with van der Waals surface area (Å²) in [5, 5.41) is 10.3. The van der Waals surface area contributed by atoms with Gasteiger partial charge in [0, 0.05) is 24.1 Å². The molecule has 1 heterocycles. The molecule has 1 rings (SSSR count). The number of hydrogen-bond acceptors (Lipinski definition) is 3. The Labute approximate surface area is 103 Å². The van der Waals surface area contributed by atoms with Gasteiger partial charge in [0.25, 0.3) is 5.91 Å². The molecule has 0 atom stereocenters. The monoisotopic (exact) mass is 286 g/mol. The van der Waals surface area contributed by atoms with Crippen LogP contribution in [-0.4, -0.2) is 38.8 Å². The first-order chi connectivity index (χ1) is 7.57. The van der Waals surface area contributed by atoms with Crippen LogP contribution in [0.5, 0.6) is 5.75 Å². The molecule has 88 valence electrons. The van der Waals surface area contributed by atoms with Crippen molar-refractivity contribution in [3.05, 3.63) is 24.0 Å². The van der Waals surface area contributed by atoms with Crippen LogP contribution in [-0.2, 0) is 0 Å². The van der Waals surface area contributed by atoms with Crippen molar-refractivity contribution in [1.29, 1.82) is 0 Å². The van der Waals surface area contributed by atoms with Crippen LogP contribution in [0.15, 0.2) is 18.5 Å². The molecule has 0 aliphatic carbocycles. The van der Waals surface area contributed by atoms with Crippen LogP contribution in [0.3, 0.4) is 0 Å². The highest BCUT2D eigenvalue weighted by atomic mass is 79.9. The van der Waals surface area contributed by atoms with Crippen molar-refractivity contribution in [3.63, 3.8) is 0 Å². The number of halogens is 1. The Bertz CT molecular complexity index is 369. The number of hydrogen-bond donors (Lipinski definition) is 1. The zero-order valence-electron chi connectivity index (χ0n) is 9.35. The maximum Gasteiger partial charge on any atom is 0.257 e. The zero-order valence-corrected chi connectivity index (χ0v) is 10.9. The predicted molar refractivity (Wildman–Crippen MR) is 65.9 cm³/mol. The second-order valence-electron chi connectivity index (χ2n) is 3.67. The van der Waals surface area contributed by atoms with Crippen LogP contribution >= 0.6 is 15.9 Å². The third kappa shape index (κ3) is 2.95. The normalized spacial score (nSPS) is 10.5. The summed E-state index contributed by atoms with van der Waals surface area (Å²) < 4.78 is 0. The summed E-state index contributed by atoms with van der Waals surface area (Å²) in [4.78, 5) is 17.6. The van der Waals surface area contributed by atoms with Crippen molar-refractivity contribution in [2.75, 3.05) is 11.9 Å². The quantitative estimate of drug-likeness (QED) is 0.862. The number of pyridine rings is 1. The highest BCUT2D eigenvalue weighted by Gasteiger charge is 2.20. The van der Waals surface area contributed by atoms with Gasteiger partial charge in [0.15, 0.2) is 0 Å². The average Bonchev–Trinajstić information content (AvgIpc) is 2.25. The molecule has 0 unspecified atom stereocenters. The van der Waals surface area contributed by atoms with Crippen molar-refractivity contribution in [2.45, 2.75) is 19.9 Å². The summed E-state index contributed by atoms with van der Waals surface area (Å²) in [5.41, 5.74) is 0.296.